The van der Waals surface area contributed by atoms with Crippen molar-refractivity contribution in [2.75, 3.05) is 5.73 Å². The van der Waals surface area contributed by atoms with Gasteiger partial charge in [-0.1, -0.05) is 6.92 Å². The highest BCUT2D eigenvalue weighted by atomic mass is 32.2. The monoisotopic (exact) mass is 309 g/mol. The van der Waals surface area contributed by atoms with Crippen molar-refractivity contribution in [3.8, 4) is 0 Å². The third kappa shape index (κ3) is 3.59. The number of anilines is 1. The Morgan fingerprint density at radius 1 is 1.38 bits per heavy atom. The maximum Gasteiger partial charge on any atom is 0.246 e. The van der Waals surface area contributed by atoms with Crippen molar-refractivity contribution in [1.82, 2.24) is 19.5 Å². The lowest BCUT2D eigenvalue weighted by atomic mass is 10.1. The summed E-state index contributed by atoms with van der Waals surface area (Å²) in [4.78, 5) is 3.92. The Morgan fingerprint density at radius 2 is 2.05 bits per heavy atom. The van der Waals surface area contributed by atoms with E-state index in [1.54, 1.807) is 36.1 Å². The lowest BCUT2D eigenvalue weighted by Gasteiger charge is -2.13. The number of aryl methyl sites for hydroxylation is 1. The number of hydrogen-bond acceptors (Lipinski definition) is 5. The molecular weight excluding hydrogens is 290 g/mol. The van der Waals surface area contributed by atoms with Crippen LogP contribution in [0.1, 0.15) is 31.9 Å². The predicted molar refractivity (Wildman–Crippen MR) is 79.9 cm³/mol. The van der Waals surface area contributed by atoms with Gasteiger partial charge in [-0.3, -0.25) is 9.67 Å². The standard InChI is InChI=1S/C13H19N5O2S/c1-3-8-18-9-12(13(14)16-18)21(19,20)17-10(2)11-4-6-15-7-5-11/h4-7,9-10,17H,3,8H2,1-2H3,(H2,14,16). The zero-order valence-electron chi connectivity index (χ0n) is 12.0. The average Bonchev–Trinajstić information content (AvgIpc) is 2.81. The summed E-state index contributed by atoms with van der Waals surface area (Å²) in [6.07, 6.45) is 5.55. The van der Waals surface area contributed by atoms with Gasteiger partial charge in [0.15, 0.2) is 5.82 Å². The lowest BCUT2D eigenvalue weighted by Crippen LogP contribution is -2.27. The molecule has 2 rings (SSSR count). The van der Waals surface area contributed by atoms with E-state index >= 15 is 0 Å². The molecule has 0 fully saturated rings. The number of nitrogen functional groups attached to an aromatic ring is 1. The normalized spacial score (nSPS) is 13.2. The van der Waals surface area contributed by atoms with E-state index in [0.717, 1.165) is 12.0 Å². The third-order valence-corrected chi connectivity index (χ3v) is 4.59. The summed E-state index contributed by atoms with van der Waals surface area (Å²) in [6, 6.07) is 3.14. The molecule has 2 aromatic heterocycles. The Labute approximate surface area is 124 Å². The molecule has 2 heterocycles. The zero-order chi connectivity index (χ0) is 15.5. The number of sulfonamides is 1. The van der Waals surface area contributed by atoms with Crippen molar-refractivity contribution in [3.05, 3.63) is 36.3 Å². The molecular formula is C13H19N5O2S. The molecule has 21 heavy (non-hydrogen) atoms. The summed E-state index contributed by atoms with van der Waals surface area (Å²) >= 11 is 0. The zero-order valence-corrected chi connectivity index (χ0v) is 12.8. The maximum atomic E-state index is 12.4. The topological polar surface area (TPSA) is 103 Å². The van der Waals surface area contributed by atoms with Crippen LogP contribution in [0.4, 0.5) is 5.82 Å². The Bertz CT molecular complexity index is 697. The summed E-state index contributed by atoms with van der Waals surface area (Å²) in [6.45, 7) is 4.37. The van der Waals surface area contributed by atoms with E-state index in [4.69, 9.17) is 5.73 Å². The molecule has 1 atom stereocenters. The van der Waals surface area contributed by atoms with E-state index in [9.17, 15) is 8.42 Å². The van der Waals surface area contributed by atoms with Crippen molar-refractivity contribution < 1.29 is 8.42 Å². The number of pyridine rings is 1. The summed E-state index contributed by atoms with van der Waals surface area (Å²) in [5, 5.41) is 4.01. The van der Waals surface area contributed by atoms with Crippen LogP contribution in [0.3, 0.4) is 0 Å². The summed E-state index contributed by atoms with van der Waals surface area (Å²) in [5.41, 5.74) is 6.54. The SMILES string of the molecule is CCCn1cc(S(=O)(=O)NC(C)c2ccncc2)c(N)n1. The van der Waals surface area contributed by atoms with Crippen LogP contribution in [-0.4, -0.2) is 23.2 Å². The first-order valence-electron chi connectivity index (χ1n) is 6.69. The van der Waals surface area contributed by atoms with Crippen LogP contribution in [0.5, 0.6) is 0 Å². The highest BCUT2D eigenvalue weighted by molar-refractivity contribution is 7.89. The molecule has 0 saturated heterocycles. The third-order valence-electron chi connectivity index (χ3n) is 3.04. The summed E-state index contributed by atoms with van der Waals surface area (Å²) in [5.74, 6) is 0.0119. The number of rotatable bonds is 6. The van der Waals surface area contributed by atoms with Gasteiger partial charge in [0.1, 0.15) is 4.90 Å². The van der Waals surface area contributed by atoms with E-state index in [0.29, 0.717) is 6.54 Å². The first kappa shape index (κ1) is 15.5. The van der Waals surface area contributed by atoms with Crippen LogP contribution in [0.15, 0.2) is 35.6 Å². The fourth-order valence-corrected chi connectivity index (χ4v) is 3.29. The molecule has 0 aliphatic rings. The molecule has 0 saturated carbocycles. The molecule has 0 spiro atoms. The van der Waals surface area contributed by atoms with Crippen LogP contribution in [0.25, 0.3) is 0 Å². The van der Waals surface area contributed by atoms with Gasteiger partial charge in [-0.25, -0.2) is 13.1 Å². The molecule has 8 heteroatoms. The fraction of sp³-hybridized carbons (Fsp3) is 0.385. The van der Waals surface area contributed by atoms with Gasteiger partial charge < -0.3 is 5.73 Å². The Kier molecular flexibility index (Phi) is 4.59. The van der Waals surface area contributed by atoms with Crippen molar-refractivity contribution in [3.63, 3.8) is 0 Å². The number of aromatic nitrogens is 3. The molecule has 7 nitrogen and oxygen atoms in total. The van der Waals surface area contributed by atoms with Crippen molar-refractivity contribution in [1.29, 1.82) is 0 Å². The second-order valence-corrected chi connectivity index (χ2v) is 6.45. The van der Waals surface area contributed by atoms with Crippen molar-refractivity contribution in [2.24, 2.45) is 0 Å². The highest BCUT2D eigenvalue weighted by Gasteiger charge is 2.23. The predicted octanol–water partition coefficient (Wildman–Crippen LogP) is 1.31. The Balaban J connectivity index is 2.22. The van der Waals surface area contributed by atoms with Crippen LogP contribution in [0, 0.1) is 0 Å². The van der Waals surface area contributed by atoms with Crippen LogP contribution in [0.2, 0.25) is 0 Å². The summed E-state index contributed by atoms with van der Waals surface area (Å²) < 4.78 is 28.9. The van der Waals surface area contributed by atoms with E-state index < -0.39 is 10.0 Å². The largest absolute Gasteiger partial charge is 0.381 e. The van der Waals surface area contributed by atoms with Crippen LogP contribution in [-0.2, 0) is 16.6 Å². The van der Waals surface area contributed by atoms with Crippen LogP contribution >= 0.6 is 0 Å². The molecule has 3 N–H and O–H groups in total. The van der Waals surface area contributed by atoms with Gasteiger partial charge in [0.05, 0.1) is 0 Å². The van der Waals surface area contributed by atoms with Crippen LogP contribution < -0.4 is 10.5 Å². The van der Waals surface area contributed by atoms with E-state index in [1.165, 1.54) is 6.20 Å². The highest BCUT2D eigenvalue weighted by Crippen LogP contribution is 2.20. The lowest BCUT2D eigenvalue weighted by molar-refractivity contribution is 0.565. The molecule has 0 bridgehead atoms. The van der Waals surface area contributed by atoms with Gasteiger partial charge in [-0.05, 0) is 31.0 Å². The molecule has 0 aliphatic carbocycles. The Morgan fingerprint density at radius 3 is 2.67 bits per heavy atom. The summed E-state index contributed by atoms with van der Waals surface area (Å²) in [7, 11) is -3.71. The first-order valence-corrected chi connectivity index (χ1v) is 8.17. The number of nitrogens with zero attached hydrogens (tertiary/aromatic N) is 3. The van der Waals surface area contributed by atoms with Crippen molar-refractivity contribution >= 4 is 15.8 Å². The number of nitrogens with one attached hydrogen (secondary N) is 1. The first-order chi connectivity index (χ1) is 9.94. The smallest absolute Gasteiger partial charge is 0.246 e. The molecule has 0 radical (unpaired) electrons. The number of hydrogen-bond donors (Lipinski definition) is 2. The molecule has 0 aliphatic heterocycles. The molecule has 114 valence electrons. The van der Waals surface area contributed by atoms with Gasteiger partial charge in [0, 0.05) is 31.2 Å². The quantitative estimate of drug-likeness (QED) is 0.837. The fourth-order valence-electron chi connectivity index (χ4n) is 1.99. The van der Waals surface area contributed by atoms with Gasteiger partial charge in [-0.15, -0.1) is 0 Å². The van der Waals surface area contributed by atoms with E-state index in [2.05, 4.69) is 14.8 Å². The van der Waals surface area contributed by atoms with E-state index in [-0.39, 0.29) is 16.8 Å². The van der Waals surface area contributed by atoms with Gasteiger partial charge in [0.2, 0.25) is 10.0 Å². The van der Waals surface area contributed by atoms with E-state index in [1.807, 2.05) is 6.92 Å². The van der Waals surface area contributed by atoms with Crippen molar-refractivity contribution in [2.45, 2.75) is 37.8 Å². The van der Waals surface area contributed by atoms with Gasteiger partial charge in [0.25, 0.3) is 0 Å². The Hall–Kier alpha value is -1.93. The molecule has 0 aromatic carbocycles. The second-order valence-electron chi connectivity index (χ2n) is 4.77. The molecule has 2 aromatic rings. The minimum absolute atomic E-state index is 0.0110. The second kappa shape index (κ2) is 6.23. The minimum atomic E-state index is -3.71. The molecule has 1 unspecified atom stereocenters. The van der Waals surface area contributed by atoms with Gasteiger partial charge in [-0.2, -0.15) is 5.10 Å². The maximum absolute atomic E-state index is 12.4. The van der Waals surface area contributed by atoms with Gasteiger partial charge >= 0.3 is 0 Å². The average molecular weight is 309 g/mol. The minimum Gasteiger partial charge on any atom is -0.381 e. The number of nitrogens with two attached hydrogens (primary N) is 1. The molecule has 0 amide bonds.